The molecule has 2 fully saturated rings. The molecule has 98 valence electrons. The first-order valence-electron chi connectivity index (χ1n) is 6.92. The highest BCUT2D eigenvalue weighted by molar-refractivity contribution is 6.31. The fraction of sp³-hybridized carbons (Fsp3) is 0.600. The highest BCUT2D eigenvalue weighted by Crippen LogP contribution is 2.34. The van der Waals surface area contributed by atoms with Crippen LogP contribution < -0.4 is 5.32 Å². The lowest BCUT2D eigenvalue weighted by Crippen LogP contribution is -2.41. The van der Waals surface area contributed by atoms with Crippen molar-refractivity contribution in [3.05, 3.63) is 34.3 Å². The zero-order valence-electron chi connectivity index (χ0n) is 11.0. The minimum atomic E-state index is 0.640. The molecule has 1 aromatic carbocycles. The summed E-state index contributed by atoms with van der Waals surface area (Å²) in [5.41, 5.74) is 2.74. The number of benzene rings is 1. The zero-order chi connectivity index (χ0) is 12.5. The molecule has 2 aliphatic rings. The van der Waals surface area contributed by atoms with Gasteiger partial charge in [-0.3, -0.25) is 0 Å². The molecule has 2 saturated heterocycles. The smallest absolute Gasteiger partial charge is 0.0444 e. The SMILES string of the molecule is CN1CC(c2ccc(C3CCCNC3)cc2Cl)C1. The fourth-order valence-electron chi connectivity index (χ4n) is 3.16. The Balaban J connectivity index is 1.75. The quantitative estimate of drug-likeness (QED) is 0.884. The molecule has 1 aromatic rings. The highest BCUT2D eigenvalue weighted by atomic mass is 35.5. The second-order valence-electron chi connectivity index (χ2n) is 5.74. The molecule has 1 unspecified atom stereocenters. The van der Waals surface area contributed by atoms with Crippen LogP contribution >= 0.6 is 11.6 Å². The van der Waals surface area contributed by atoms with Crippen molar-refractivity contribution >= 4 is 11.6 Å². The second-order valence-corrected chi connectivity index (χ2v) is 6.15. The number of hydrogen-bond acceptors (Lipinski definition) is 2. The van der Waals surface area contributed by atoms with Gasteiger partial charge in [0.2, 0.25) is 0 Å². The first-order chi connectivity index (χ1) is 8.74. The Bertz CT molecular complexity index is 421. The molecule has 2 heterocycles. The van der Waals surface area contributed by atoms with Crippen LogP contribution in [0.25, 0.3) is 0 Å². The van der Waals surface area contributed by atoms with Gasteiger partial charge in [-0.15, -0.1) is 0 Å². The average Bonchev–Trinajstić information content (AvgIpc) is 2.36. The molecule has 18 heavy (non-hydrogen) atoms. The van der Waals surface area contributed by atoms with Crippen LogP contribution in [0.3, 0.4) is 0 Å². The summed E-state index contributed by atoms with van der Waals surface area (Å²) in [6.45, 7) is 4.55. The lowest BCUT2D eigenvalue weighted by molar-refractivity contribution is 0.190. The molecule has 1 atom stereocenters. The van der Waals surface area contributed by atoms with Crippen molar-refractivity contribution in [3.63, 3.8) is 0 Å². The predicted molar refractivity (Wildman–Crippen MR) is 76.5 cm³/mol. The molecule has 0 radical (unpaired) electrons. The van der Waals surface area contributed by atoms with Gasteiger partial charge in [0.1, 0.15) is 0 Å². The first-order valence-corrected chi connectivity index (χ1v) is 7.30. The van der Waals surface area contributed by atoms with Gasteiger partial charge in [0.05, 0.1) is 0 Å². The van der Waals surface area contributed by atoms with Crippen molar-refractivity contribution in [3.8, 4) is 0 Å². The Morgan fingerprint density at radius 3 is 2.72 bits per heavy atom. The van der Waals surface area contributed by atoms with Gasteiger partial charge in [-0.25, -0.2) is 0 Å². The van der Waals surface area contributed by atoms with Crippen molar-refractivity contribution in [2.75, 3.05) is 33.2 Å². The predicted octanol–water partition coefficient (Wildman–Crippen LogP) is 2.84. The largest absolute Gasteiger partial charge is 0.316 e. The summed E-state index contributed by atoms with van der Waals surface area (Å²) in [5.74, 6) is 1.29. The minimum absolute atomic E-state index is 0.640. The molecule has 0 amide bonds. The van der Waals surface area contributed by atoms with E-state index in [4.69, 9.17) is 11.6 Å². The first kappa shape index (κ1) is 12.5. The van der Waals surface area contributed by atoms with Crippen LogP contribution in [0.15, 0.2) is 18.2 Å². The maximum Gasteiger partial charge on any atom is 0.0444 e. The summed E-state index contributed by atoms with van der Waals surface area (Å²) in [4.78, 5) is 2.33. The Hall–Kier alpha value is -0.570. The molecule has 0 spiro atoms. The second kappa shape index (κ2) is 5.20. The number of nitrogens with zero attached hydrogens (tertiary/aromatic N) is 1. The van der Waals surface area contributed by atoms with Gasteiger partial charge in [0.25, 0.3) is 0 Å². The molecule has 3 rings (SSSR count). The molecule has 0 aromatic heterocycles. The van der Waals surface area contributed by atoms with E-state index in [1.807, 2.05) is 0 Å². The van der Waals surface area contributed by atoms with Gasteiger partial charge < -0.3 is 10.2 Å². The molecular formula is C15H21ClN2. The molecule has 2 aliphatic heterocycles. The number of rotatable bonds is 2. The number of halogens is 1. The highest BCUT2D eigenvalue weighted by Gasteiger charge is 2.27. The van der Waals surface area contributed by atoms with Crippen LogP contribution in [-0.2, 0) is 0 Å². The van der Waals surface area contributed by atoms with Gasteiger partial charge in [-0.05, 0) is 49.5 Å². The van der Waals surface area contributed by atoms with Crippen LogP contribution in [0, 0.1) is 0 Å². The number of nitrogens with one attached hydrogen (secondary N) is 1. The summed E-state index contributed by atoms with van der Waals surface area (Å²) in [6.07, 6.45) is 2.56. The number of likely N-dealkylation sites (tertiary alicyclic amines) is 1. The van der Waals surface area contributed by atoms with Crippen LogP contribution in [-0.4, -0.2) is 38.1 Å². The lowest BCUT2D eigenvalue weighted by atomic mass is 9.87. The van der Waals surface area contributed by atoms with E-state index in [-0.39, 0.29) is 0 Å². The monoisotopic (exact) mass is 264 g/mol. The summed E-state index contributed by atoms with van der Waals surface area (Å²) in [5, 5.41) is 4.44. The Morgan fingerprint density at radius 2 is 2.11 bits per heavy atom. The van der Waals surface area contributed by atoms with E-state index >= 15 is 0 Å². The summed E-state index contributed by atoms with van der Waals surface area (Å²) >= 11 is 6.46. The van der Waals surface area contributed by atoms with Crippen molar-refractivity contribution < 1.29 is 0 Å². The number of hydrogen-bond donors (Lipinski definition) is 1. The summed E-state index contributed by atoms with van der Waals surface area (Å²) in [7, 11) is 2.16. The standard InChI is InChI=1S/C15H21ClN2/c1-18-9-13(10-18)14-5-4-11(7-15(14)16)12-3-2-6-17-8-12/h4-5,7,12-13,17H,2-3,6,8-10H2,1H3. The Morgan fingerprint density at radius 1 is 1.28 bits per heavy atom. The van der Waals surface area contributed by atoms with E-state index in [1.165, 1.54) is 24.0 Å². The third-order valence-electron chi connectivity index (χ3n) is 4.30. The summed E-state index contributed by atoms with van der Waals surface area (Å²) in [6, 6.07) is 6.74. The van der Waals surface area contributed by atoms with Crippen molar-refractivity contribution in [2.45, 2.75) is 24.7 Å². The van der Waals surface area contributed by atoms with Crippen molar-refractivity contribution in [1.82, 2.24) is 10.2 Å². The lowest BCUT2D eigenvalue weighted by Gasteiger charge is -2.37. The number of likely N-dealkylation sites (N-methyl/N-ethyl adjacent to an activating group) is 1. The normalized spacial score (nSPS) is 26.0. The molecule has 0 saturated carbocycles. The van der Waals surface area contributed by atoms with E-state index in [0.29, 0.717) is 11.8 Å². The van der Waals surface area contributed by atoms with Crippen LogP contribution in [0.2, 0.25) is 5.02 Å². The zero-order valence-corrected chi connectivity index (χ0v) is 11.7. The van der Waals surface area contributed by atoms with E-state index in [0.717, 1.165) is 31.2 Å². The topological polar surface area (TPSA) is 15.3 Å². The average molecular weight is 265 g/mol. The van der Waals surface area contributed by atoms with Gasteiger partial charge in [0.15, 0.2) is 0 Å². The molecule has 0 bridgehead atoms. The summed E-state index contributed by atoms with van der Waals surface area (Å²) < 4.78 is 0. The van der Waals surface area contributed by atoms with E-state index in [9.17, 15) is 0 Å². The third-order valence-corrected chi connectivity index (χ3v) is 4.62. The molecular weight excluding hydrogens is 244 g/mol. The molecule has 2 nitrogen and oxygen atoms in total. The molecule has 0 aliphatic carbocycles. The Kier molecular flexibility index (Phi) is 3.60. The maximum atomic E-state index is 6.46. The fourth-order valence-corrected chi connectivity index (χ4v) is 3.50. The van der Waals surface area contributed by atoms with E-state index < -0.39 is 0 Å². The van der Waals surface area contributed by atoms with Crippen LogP contribution in [0.1, 0.15) is 35.8 Å². The molecule has 3 heteroatoms. The van der Waals surface area contributed by atoms with Crippen molar-refractivity contribution in [1.29, 1.82) is 0 Å². The van der Waals surface area contributed by atoms with E-state index in [2.05, 4.69) is 35.5 Å². The third kappa shape index (κ3) is 2.42. The minimum Gasteiger partial charge on any atom is -0.316 e. The maximum absolute atomic E-state index is 6.46. The van der Waals surface area contributed by atoms with Crippen LogP contribution in [0.5, 0.6) is 0 Å². The van der Waals surface area contributed by atoms with Crippen LogP contribution in [0.4, 0.5) is 0 Å². The molecule has 1 N–H and O–H groups in total. The van der Waals surface area contributed by atoms with Gasteiger partial charge in [-0.1, -0.05) is 23.7 Å². The van der Waals surface area contributed by atoms with Gasteiger partial charge in [-0.2, -0.15) is 0 Å². The van der Waals surface area contributed by atoms with E-state index in [1.54, 1.807) is 0 Å². The van der Waals surface area contributed by atoms with Gasteiger partial charge >= 0.3 is 0 Å². The Labute approximate surface area is 114 Å². The van der Waals surface area contributed by atoms with Gasteiger partial charge in [0, 0.05) is 30.6 Å². The van der Waals surface area contributed by atoms with Crippen molar-refractivity contribution in [2.24, 2.45) is 0 Å². The number of piperidine rings is 1.